The monoisotopic (exact) mass is 388 g/mol. The van der Waals surface area contributed by atoms with E-state index in [0.717, 1.165) is 12.1 Å². The van der Waals surface area contributed by atoms with Crippen LogP contribution in [0.1, 0.15) is 30.4 Å². The fraction of sp³-hybridized carbons (Fsp3) is 0.278. The molecular formula is C18H20ClF3N2O2. The predicted molar refractivity (Wildman–Crippen MR) is 97.8 cm³/mol. The highest BCUT2D eigenvalue weighted by Crippen LogP contribution is 2.32. The number of rotatable bonds is 5. The van der Waals surface area contributed by atoms with Gasteiger partial charge in [-0.05, 0) is 35.7 Å². The number of ether oxygens (including phenoxy) is 1. The number of methoxy groups -OCH3 is 1. The van der Waals surface area contributed by atoms with Crippen molar-refractivity contribution in [3.8, 4) is 5.75 Å². The minimum Gasteiger partial charge on any atom is -0.495 e. The third-order valence-electron chi connectivity index (χ3n) is 3.79. The number of carbonyl (C=O) groups excluding carboxylic acids is 1. The lowest BCUT2D eigenvalue weighted by Gasteiger charge is -2.15. The molecule has 8 heteroatoms. The molecule has 3 N–H and O–H groups in total. The van der Waals surface area contributed by atoms with E-state index in [4.69, 9.17) is 10.5 Å². The number of amides is 1. The number of nitrogens with one attached hydrogen (secondary N) is 1. The molecule has 0 radical (unpaired) electrons. The van der Waals surface area contributed by atoms with Crippen molar-refractivity contribution in [3.05, 3.63) is 53.6 Å². The first-order valence-corrected chi connectivity index (χ1v) is 7.61. The molecule has 0 saturated carbocycles. The Hall–Kier alpha value is -2.41. The van der Waals surface area contributed by atoms with E-state index in [1.54, 1.807) is 31.2 Å². The Balaban J connectivity index is 0.00000338. The Kier molecular flexibility index (Phi) is 7.32. The van der Waals surface area contributed by atoms with Gasteiger partial charge in [0.05, 0.1) is 18.4 Å². The van der Waals surface area contributed by atoms with Crippen molar-refractivity contribution < 1.29 is 22.7 Å². The van der Waals surface area contributed by atoms with Gasteiger partial charge in [0, 0.05) is 12.1 Å². The van der Waals surface area contributed by atoms with E-state index in [9.17, 15) is 18.0 Å². The normalized spacial score (nSPS) is 12.0. The molecule has 1 atom stereocenters. The molecule has 0 aliphatic heterocycles. The highest BCUT2D eigenvalue weighted by molar-refractivity contribution is 5.92. The van der Waals surface area contributed by atoms with Crippen LogP contribution in [0.15, 0.2) is 42.5 Å². The topological polar surface area (TPSA) is 64.3 Å². The number of hydrogen-bond donors (Lipinski definition) is 2. The first kappa shape index (κ1) is 21.6. The summed E-state index contributed by atoms with van der Waals surface area (Å²) in [7, 11) is 1.49. The minimum absolute atomic E-state index is 0. The van der Waals surface area contributed by atoms with Crippen molar-refractivity contribution in [2.45, 2.75) is 25.4 Å². The zero-order chi connectivity index (χ0) is 18.6. The second-order valence-corrected chi connectivity index (χ2v) is 5.73. The largest absolute Gasteiger partial charge is 0.495 e. The van der Waals surface area contributed by atoms with Gasteiger partial charge < -0.3 is 15.8 Å². The maximum Gasteiger partial charge on any atom is 0.416 e. The van der Waals surface area contributed by atoms with Crippen LogP contribution in [0.25, 0.3) is 0 Å². The molecule has 2 rings (SSSR count). The van der Waals surface area contributed by atoms with Gasteiger partial charge in [-0.25, -0.2) is 0 Å². The number of nitrogens with two attached hydrogens (primary N) is 1. The van der Waals surface area contributed by atoms with Gasteiger partial charge in [0.25, 0.3) is 0 Å². The summed E-state index contributed by atoms with van der Waals surface area (Å²) in [5.41, 5.74) is 6.39. The molecule has 1 amide bonds. The lowest BCUT2D eigenvalue weighted by Crippen LogP contribution is -2.15. The molecule has 0 saturated heterocycles. The molecule has 0 aliphatic carbocycles. The molecular weight excluding hydrogens is 369 g/mol. The zero-order valence-electron chi connectivity index (χ0n) is 14.3. The number of anilines is 2. The molecule has 0 aliphatic rings. The third kappa shape index (κ3) is 5.56. The van der Waals surface area contributed by atoms with E-state index >= 15 is 0 Å². The maximum atomic E-state index is 12.8. The van der Waals surface area contributed by atoms with Gasteiger partial charge in [0.2, 0.25) is 5.91 Å². The number of benzene rings is 2. The minimum atomic E-state index is -4.40. The summed E-state index contributed by atoms with van der Waals surface area (Å²) >= 11 is 0. The van der Waals surface area contributed by atoms with Crippen LogP contribution in [-0.4, -0.2) is 13.0 Å². The number of nitrogen functional groups attached to an aromatic ring is 1. The zero-order valence-corrected chi connectivity index (χ0v) is 15.1. The van der Waals surface area contributed by atoms with E-state index in [1.165, 1.54) is 13.2 Å². The summed E-state index contributed by atoms with van der Waals surface area (Å²) in [6, 6.07) is 9.84. The van der Waals surface area contributed by atoms with Crippen molar-refractivity contribution >= 4 is 29.7 Å². The molecule has 0 spiro atoms. The first-order valence-electron chi connectivity index (χ1n) is 7.61. The van der Waals surface area contributed by atoms with Gasteiger partial charge in [-0.15, -0.1) is 12.4 Å². The Labute approximate surface area is 155 Å². The summed E-state index contributed by atoms with van der Waals surface area (Å²) in [4.78, 5) is 12.1. The fourth-order valence-electron chi connectivity index (χ4n) is 2.44. The van der Waals surface area contributed by atoms with Crippen LogP contribution >= 0.6 is 12.4 Å². The van der Waals surface area contributed by atoms with Crippen molar-refractivity contribution in [1.82, 2.24) is 0 Å². The van der Waals surface area contributed by atoms with Crippen LogP contribution in [0.5, 0.6) is 5.75 Å². The quantitative estimate of drug-likeness (QED) is 0.719. The van der Waals surface area contributed by atoms with Crippen molar-refractivity contribution in [2.75, 3.05) is 18.2 Å². The second kappa shape index (κ2) is 8.80. The van der Waals surface area contributed by atoms with E-state index in [1.807, 2.05) is 0 Å². The van der Waals surface area contributed by atoms with Crippen LogP contribution in [-0.2, 0) is 11.0 Å². The molecule has 26 heavy (non-hydrogen) atoms. The maximum absolute atomic E-state index is 12.8. The highest BCUT2D eigenvalue weighted by Gasteiger charge is 2.30. The molecule has 0 bridgehead atoms. The Morgan fingerprint density at radius 2 is 1.92 bits per heavy atom. The standard InChI is InChI=1S/C18H19F3N2O2.ClH/c1-11(12-4-3-5-13(9-12)18(19,20)21)8-17(24)23-14-6-7-16(25-2)15(22)10-14;/h3-7,9-11H,8,22H2,1-2H3,(H,23,24);1H. The van der Waals surface area contributed by atoms with E-state index in [0.29, 0.717) is 22.7 Å². The number of alkyl halides is 3. The molecule has 1 unspecified atom stereocenters. The number of halogens is 4. The van der Waals surface area contributed by atoms with Crippen molar-refractivity contribution in [2.24, 2.45) is 0 Å². The average molecular weight is 389 g/mol. The van der Waals surface area contributed by atoms with Crippen LogP contribution in [0.4, 0.5) is 24.5 Å². The Bertz CT molecular complexity index is 766. The predicted octanol–water partition coefficient (Wildman–Crippen LogP) is 4.85. The molecule has 0 fully saturated rings. The highest BCUT2D eigenvalue weighted by atomic mass is 35.5. The number of carbonyl (C=O) groups is 1. The molecule has 142 valence electrons. The lowest BCUT2D eigenvalue weighted by atomic mass is 9.95. The van der Waals surface area contributed by atoms with Crippen molar-refractivity contribution in [3.63, 3.8) is 0 Å². The fourth-order valence-corrected chi connectivity index (χ4v) is 2.44. The third-order valence-corrected chi connectivity index (χ3v) is 3.79. The van der Waals surface area contributed by atoms with Crippen LogP contribution in [0, 0.1) is 0 Å². The van der Waals surface area contributed by atoms with Crippen LogP contribution < -0.4 is 15.8 Å². The van der Waals surface area contributed by atoms with Gasteiger partial charge in [-0.3, -0.25) is 4.79 Å². The summed E-state index contributed by atoms with van der Waals surface area (Å²) in [5, 5.41) is 2.68. The SMILES string of the molecule is COc1ccc(NC(=O)CC(C)c2cccc(C(F)(F)F)c2)cc1N.Cl. The Morgan fingerprint density at radius 3 is 2.50 bits per heavy atom. The number of hydrogen-bond acceptors (Lipinski definition) is 3. The van der Waals surface area contributed by atoms with Crippen molar-refractivity contribution in [1.29, 1.82) is 0 Å². The van der Waals surface area contributed by atoms with Gasteiger partial charge in [0.15, 0.2) is 0 Å². The molecule has 0 heterocycles. The first-order chi connectivity index (χ1) is 11.7. The van der Waals surface area contributed by atoms with Gasteiger partial charge in [-0.1, -0.05) is 25.1 Å². The van der Waals surface area contributed by atoms with Crippen LogP contribution in [0.3, 0.4) is 0 Å². The molecule has 0 aromatic heterocycles. The second-order valence-electron chi connectivity index (χ2n) is 5.73. The van der Waals surface area contributed by atoms with E-state index in [-0.39, 0.29) is 30.7 Å². The van der Waals surface area contributed by atoms with E-state index in [2.05, 4.69) is 5.32 Å². The summed E-state index contributed by atoms with van der Waals surface area (Å²) in [6.07, 6.45) is -4.36. The summed E-state index contributed by atoms with van der Waals surface area (Å²) in [5.74, 6) is -0.178. The molecule has 2 aromatic carbocycles. The van der Waals surface area contributed by atoms with Crippen LogP contribution in [0.2, 0.25) is 0 Å². The smallest absolute Gasteiger partial charge is 0.416 e. The summed E-state index contributed by atoms with van der Waals surface area (Å²) < 4.78 is 43.4. The molecule has 2 aromatic rings. The van der Waals surface area contributed by atoms with E-state index < -0.39 is 11.7 Å². The molecule has 4 nitrogen and oxygen atoms in total. The van der Waals surface area contributed by atoms with Gasteiger partial charge in [0.1, 0.15) is 5.75 Å². The van der Waals surface area contributed by atoms with Gasteiger partial charge >= 0.3 is 6.18 Å². The van der Waals surface area contributed by atoms with Gasteiger partial charge in [-0.2, -0.15) is 13.2 Å². The summed E-state index contributed by atoms with van der Waals surface area (Å²) in [6.45, 7) is 1.71. The lowest BCUT2D eigenvalue weighted by molar-refractivity contribution is -0.137. The Morgan fingerprint density at radius 1 is 1.23 bits per heavy atom. The average Bonchev–Trinajstić information content (AvgIpc) is 2.54.